The van der Waals surface area contributed by atoms with E-state index >= 15 is 0 Å². The van der Waals surface area contributed by atoms with E-state index in [2.05, 4.69) is 92.8 Å². The zero-order valence-corrected chi connectivity index (χ0v) is 17.6. The van der Waals surface area contributed by atoms with Crippen molar-refractivity contribution in [3.8, 4) is 22.8 Å². The Balaban J connectivity index is 2.07. The predicted molar refractivity (Wildman–Crippen MR) is 116 cm³/mol. The Morgan fingerprint density at radius 3 is 2.44 bits per heavy atom. The Kier molecular flexibility index (Phi) is 3.32. The second-order valence-electron chi connectivity index (χ2n) is 8.59. The summed E-state index contributed by atoms with van der Waals surface area (Å²) < 4.78 is 8.99. The second-order valence-corrected chi connectivity index (χ2v) is 13.6. The SMILES string of the molecule is Cc1ccc2cccc3c2c1-c1c(c([Si](C)(C)C)c2ccccc2[n+]1C)O3. The van der Waals surface area contributed by atoms with Crippen molar-refractivity contribution in [1.82, 2.24) is 0 Å². The number of pyridine rings is 1. The quantitative estimate of drug-likeness (QED) is 0.283. The predicted octanol–water partition coefficient (Wildman–Crippen LogP) is 5.44. The van der Waals surface area contributed by atoms with Crippen LogP contribution in [-0.4, -0.2) is 8.07 Å². The Labute approximate surface area is 161 Å². The molecule has 5 rings (SSSR count). The number of fused-ring (bicyclic) bond motifs is 3. The zero-order valence-electron chi connectivity index (χ0n) is 16.6. The van der Waals surface area contributed by atoms with Gasteiger partial charge >= 0.3 is 0 Å². The van der Waals surface area contributed by atoms with E-state index in [4.69, 9.17) is 4.74 Å². The number of hydrogen-bond donors (Lipinski definition) is 0. The van der Waals surface area contributed by atoms with Gasteiger partial charge in [0.25, 0.3) is 5.69 Å². The molecule has 0 atom stereocenters. The number of rotatable bonds is 1. The molecule has 0 N–H and O–H groups in total. The first-order valence-corrected chi connectivity index (χ1v) is 13.0. The number of aromatic nitrogens is 1. The summed E-state index contributed by atoms with van der Waals surface area (Å²) in [6.07, 6.45) is 0. The Bertz CT molecular complexity index is 1250. The molecule has 1 aromatic heterocycles. The average Bonchev–Trinajstić information content (AvgIpc) is 2.63. The number of nitrogens with zero attached hydrogens (tertiary/aromatic N) is 1. The van der Waals surface area contributed by atoms with Gasteiger partial charge in [0.15, 0.2) is 5.75 Å². The molecule has 0 fully saturated rings. The molecule has 0 saturated carbocycles. The Morgan fingerprint density at radius 1 is 0.889 bits per heavy atom. The van der Waals surface area contributed by atoms with Crippen LogP contribution in [0.3, 0.4) is 0 Å². The molecular formula is C24H24NOSi+. The molecule has 0 aliphatic carbocycles. The van der Waals surface area contributed by atoms with Crippen LogP contribution in [0.15, 0.2) is 54.6 Å². The third-order valence-electron chi connectivity index (χ3n) is 5.73. The Hall–Kier alpha value is -2.65. The van der Waals surface area contributed by atoms with E-state index in [1.54, 1.807) is 0 Å². The minimum Gasteiger partial charge on any atom is -0.450 e. The molecule has 0 spiro atoms. The van der Waals surface area contributed by atoms with Crippen LogP contribution in [-0.2, 0) is 7.05 Å². The lowest BCUT2D eigenvalue weighted by Gasteiger charge is -2.28. The number of benzene rings is 3. The lowest BCUT2D eigenvalue weighted by Crippen LogP contribution is -2.45. The van der Waals surface area contributed by atoms with E-state index in [9.17, 15) is 0 Å². The average molecular weight is 371 g/mol. The molecular weight excluding hydrogens is 346 g/mol. The third kappa shape index (κ3) is 2.21. The lowest BCUT2D eigenvalue weighted by atomic mass is 9.93. The highest BCUT2D eigenvalue weighted by atomic mass is 28.3. The van der Waals surface area contributed by atoms with E-state index in [0.29, 0.717) is 0 Å². The van der Waals surface area contributed by atoms with Gasteiger partial charge in [-0.15, -0.1) is 0 Å². The standard InChI is InChI=1S/C24H24NOSi/c1-15-13-14-16-9-8-12-19-21(16)20(15)22-23(26-19)24(27(3,4)5)17-10-6-7-11-18(17)25(22)2/h6-14H,1-5H3/q+1. The van der Waals surface area contributed by atoms with Crippen molar-refractivity contribution >= 4 is 34.9 Å². The van der Waals surface area contributed by atoms with Crippen LogP contribution in [0.5, 0.6) is 11.5 Å². The normalized spacial score (nSPS) is 12.9. The topological polar surface area (TPSA) is 13.1 Å². The van der Waals surface area contributed by atoms with Gasteiger partial charge in [-0.25, -0.2) is 0 Å². The van der Waals surface area contributed by atoms with Gasteiger partial charge in [0.05, 0.1) is 13.6 Å². The molecule has 0 amide bonds. The fourth-order valence-corrected chi connectivity index (χ4v) is 6.44. The number of aryl methyl sites for hydroxylation is 2. The third-order valence-corrected chi connectivity index (χ3v) is 7.72. The van der Waals surface area contributed by atoms with Gasteiger partial charge in [0.1, 0.15) is 12.8 Å². The van der Waals surface area contributed by atoms with Crippen molar-refractivity contribution in [3.05, 3.63) is 60.2 Å². The lowest BCUT2D eigenvalue weighted by molar-refractivity contribution is -0.633. The maximum atomic E-state index is 6.66. The smallest absolute Gasteiger partial charge is 0.256 e. The van der Waals surface area contributed by atoms with Crippen LogP contribution in [0.1, 0.15) is 5.56 Å². The van der Waals surface area contributed by atoms with Crippen molar-refractivity contribution in [2.75, 3.05) is 0 Å². The fourth-order valence-electron chi connectivity index (χ4n) is 4.57. The van der Waals surface area contributed by atoms with Crippen LogP contribution in [0.2, 0.25) is 19.6 Å². The van der Waals surface area contributed by atoms with Crippen LogP contribution >= 0.6 is 0 Å². The maximum Gasteiger partial charge on any atom is 0.256 e. The fraction of sp³-hybridized carbons (Fsp3) is 0.208. The molecule has 0 unspecified atom stereocenters. The molecule has 1 aliphatic heterocycles. The molecule has 3 aromatic carbocycles. The molecule has 2 heterocycles. The van der Waals surface area contributed by atoms with Gasteiger partial charge < -0.3 is 4.74 Å². The summed E-state index contributed by atoms with van der Waals surface area (Å²) in [7, 11) is 0.511. The van der Waals surface area contributed by atoms with E-state index in [1.165, 1.54) is 43.7 Å². The maximum absolute atomic E-state index is 6.66. The first-order valence-electron chi connectivity index (χ1n) is 9.53. The van der Waals surface area contributed by atoms with Crippen molar-refractivity contribution in [2.24, 2.45) is 7.05 Å². The van der Waals surface area contributed by atoms with Crippen LogP contribution in [0.4, 0.5) is 0 Å². The summed E-state index contributed by atoms with van der Waals surface area (Å²) in [4.78, 5) is 0. The minimum absolute atomic E-state index is 0.980. The van der Waals surface area contributed by atoms with Crippen molar-refractivity contribution in [1.29, 1.82) is 0 Å². The van der Waals surface area contributed by atoms with Crippen LogP contribution in [0, 0.1) is 6.92 Å². The second kappa shape index (κ2) is 5.43. The zero-order chi connectivity index (χ0) is 18.9. The number of para-hydroxylation sites is 1. The van der Waals surface area contributed by atoms with Gasteiger partial charge in [-0.3, -0.25) is 0 Å². The summed E-state index contributed by atoms with van der Waals surface area (Å²) in [5, 5.41) is 5.21. The molecule has 134 valence electrons. The highest BCUT2D eigenvalue weighted by molar-refractivity contribution is 6.91. The van der Waals surface area contributed by atoms with Gasteiger partial charge in [-0.2, -0.15) is 4.57 Å². The minimum atomic E-state index is -1.66. The van der Waals surface area contributed by atoms with Crippen LogP contribution in [0.25, 0.3) is 32.9 Å². The van der Waals surface area contributed by atoms with E-state index in [-0.39, 0.29) is 0 Å². The van der Waals surface area contributed by atoms with E-state index < -0.39 is 8.07 Å². The molecule has 4 aromatic rings. The molecule has 0 radical (unpaired) electrons. The highest BCUT2D eigenvalue weighted by Gasteiger charge is 2.37. The molecule has 0 bridgehead atoms. The molecule has 3 heteroatoms. The summed E-state index contributed by atoms with van der Waals surface area (Å²) in [6.45, 7) is 9.44. The summed E-state index contributed by atoms with van der Waals surface area (Å²) >= 11 is 0. The molecule has 1 aliphatic rings. The molecule has 2 nitrogen and oxygen atoms in total. The van der Waals surface area contributed by atoms with Crippen molar-refractivity contribution in [2.45, 2.75) is 26.6 Å². The summed E-state index contributed by atoms with van der Waals surface area (Å²) in [5.74, 6) is 2.04. The largest absolute Gasteiger partial charge is 0.450 e. The van der Waals surface area contributed by atoms with E-state index in [0.717, 1.165) is 11.5 Å². The summed E-state index contributed by atoms with van der Waals surface area (Å²) in [6, 6.07) is 19.6. The monoisotopic (exact) mass is 370 g/mol. The van der Waals surface area contributed by atoms with Crippen molar-refractivity contribution < 1.29 is 9.30 Å². The van der Waals surface area contributed by atoms with Crippen LogP contribution < -0.4 is 14.5 Å². The first kappa shape index (κ1) is 16.5. The first-order chi connectivity index (χ1) is 12.9. The van der Waals surface area contributed by atoms with E-state index in [1.807, 2.05) is 0 Å². The molecule has 0 saturated heterocycles. The van der Waals surface area contributed by atoms with Gasteiger partial charge in [-0.05, 0) is 30.0 Å². The van der Waals surface area contributed by atoms with Gasteiger partial charge in [0.2, 0.25) is 5.52 Å². The Morgan fingerprint density at radius 2 is 1.67 bits per heavy atom. The van der Waals surface area contributed by atoms with Gasteiger partial charge in [-0.1, -0.05) is 56.0 Å². The highest BCUT2D eigenvalue weighted by Crippen LogP contribution is 2.46. The van der Waals surface area contributed by atoms with Crippen molar-refractivity contribution in [3.63, 3.8) is 0 Å². The summed E-state index contributed by atoms with van der Waals surface area (Å²) in [5.41, 5.74) is 5.10. The number of ether oxygens (including phenoxy) is 1. The number of hydrogen-bond acceptors (Lipinski definition) is 1. The molecule has 27 heavy (non-hydrogen) atoms. The van der Waals surface area contributed by atoms with Gasteiger partial charge in [0, 0.05) is 22.0 Å².